The second-order valence-corrected chi connectivity index (χ2v) is 11.4. The molecule has 2 saturated carbocycles. The molecule has 1 atom stereocenters. The van der Waals surface area contributed by atoms with Crippen LogP contribution in [0.5, 0.6) is 0 Å². The Morgan fingerprint density at radius 1 is 0.970 bits per heavy atom. The van der Waals surface area contributed by atoms with Crippen LogP contribution in [0.3, 0.4) is 0 Å². The van der Waals surface area contributed by atoms with Gasteiger partial charge in [-0.05, 0) is 57.2 Å². The van der Waals surface area contributed by atoms with Crippen LogP contribution in [0.4, 0.5) is 0 Å². The minimum absolute atomic E-state index is 0.00368. The normalized spacial score (nSPS) is 22.8. The average molecular weight is 468 g/mol. The predicted octanol–water partition coefficient (Wildman–Crippen LogP) is 6.21. The molecule has 3 aliphatic rings. The lowest BCUT2D eigenvalue weighted by Crippen LogP contribution is -2.50. The molecule has 6 heteroatoms. The van der Waals surface area contributed by atoms with Crippen molar-refractivity contribution in [3.05, 3.63) is 40.0 Å². The van der Waals surface area contributed by atoms with Crippen LogP contribution in [-0.2, 0) is 4.79 Å². The van der Waals surface area contributed by atoms with Gasteiger partial charge in [-0.1, -0.05) is 51.4 Å². The van der Waals surface area contributed by atoms with E-state index in [2.05, 4.69) is 23.7 Å². The van der Waals surface area contributed by atoms with Gasteiger partial charge in [-0.25, -0.2) is 0 Å². The van der Waals surface area contributed by atoms with Gasteiger partial charge in [-0.15, -0.1) is 11.3 Å². The van der Waals surface area contributed by atoms with E-state index in [9.17, 15) is 9.59 Å². The lowest BCUT2D eigenvalue weighted by Gasteiger charge is -2.37. The summed E-state index contributed by atoms with van der Waals surface area (Å²) >= 11 is 1.67. The molecule has 2 aliphatic carbocycles. The molecule has 5 rings (SSSR count). The second-order valence-electron chi connectivity index (χ2n) is 10.2. The molecule has 2 aromatic heterocycles. The maximum atomic E-state index is 14.3. The highest BCUT2D eigenvalue weighted by Gasteiger charge is 2.43. The van der Waals surface area contributed by atoms with Crippen molar-refractivity contribution in [2.24, 2.45) is 0 Å². The largest absolute Gasteiger partial charge is 0.351 e. The first kappa shape index (κ1) is 22.7. The van der Waals surface area contributed by atoms with Crippen molar-refractivity contribution in [3.8, 4) is 5.00 Å². The number of aryl methyl sites for hydroxylation is 1. The van der Waals surface area contributed by atoms with E-state index in [0.29, 0.717) is 0 Å². The zero-order valence-electron chi connectivity index (χ0n) is 20.1. The number of aromatic nitrogens is 1. The Bertz CT molecular complexity index is 1010. The molecular formula is C27H37N3O2S. The molecule has 0 spiro atoms. The number of amides is 2. The van der Waals surface area contributed by atoms with Crippen molar-refractivity contribution in [1.29, 1.82) is 0 Å². The van der Waals surface area contributed by atoms with E-state index in [4.69, 9.17) is 0 Å². The minimum Gasteiger partial charge on any atom is -0.351 e. The summed E-state index contributed by atoms with van der Waals surface area (Å²) in [5.41, 5.74) is 2.78. The van der Waals surface area contributed by atoms with Crippen molar-refractivity contribution in [3.63, 3.8) is 0 Å². The first-order valence-electron chi connectivity index (χ1n) is 13.0. The lowest BCUT2D eigenvalue weighted by molar-refractivity contribution is -0.127. The fourth-order valence-electron chi connectivity index (χ4n) is 6.10. The van der Waals surface area contributed by atoms with E-state index < -0.39 is 6.04 Å². The predicted molar refractivity (Wildman–Crippen MR) is 133 cm³/mol. The Balaban J connectivity index is 1.58. The Morgan fingerprint density at radius 2 is 1.61 bits per heavy atom. The lowest BCUT2D eigenvalue weighted by atomic mass is 9.99. The number of nitrogens with zero attached hydrogens (tertiary/aromatic N) is 2. The smallest absolute Gasteiger partial charge is 0.258 e. The standard InChI is InChI=1S/C27H37N3O2S/c1-18-19(2)33-27-23(18)26(32)30(21-14-9-5-6-10-15-21)24(22-16-11-17-29(22)27)25(31)28-20-12-7-3-4-8-13-20/h11,16-17,20-21,24H,3-10,12-15H2,1-2H3,(H,28,31). The zero-order chi connectivity index (χ0) is 22.9. The fraction of sp³-hybridized carbons (Fsp3) is 0.630. The van der Waals surface area contributed by atoms with Gasteiger partial charge in [0.05, 0.1) is 11.3 Å². The van der Waals surface area contributed by atoms with Crippen molar-refractivity contribution < 1.29 is 9.59 Å². The Morgan fingerprint density at radius 3 is 2.27 bits per heavy atom. The highest BCUT2D eigenvalue weighted by molar-refractivity contribution is 7.15. The van der Waals surface area contributed by atoms with Crippen LogP contribution in [0.15, 0.2) is 18.3 Å². The number of rotatable bonds is 3. The van der Waals surface area contributed by atoms with Gasteiger partial charge in [0, 0.05) is 23.2 Å². The maximum Gasteiger partial charge on any atom is 0.258 e. The molecule has 178 valence electrons. The quantitative estimate of drug-likeness (QED) is 0.545. The number of carbonyl (C=O) groups is 2. The number of thiophene rings is 1. The Kier molecular flexibility index (Phi) is 6.64. The third-order valence-corrected chi connectivity index (χ3v) is 9.25. The highest BCUT2D eigenvalue weighted by atomic mass is 32.1. The van der Waals surface area contributed by atoms with Gasteiger partial charge in [0.1, 0.15) is 5.00 Å². The molecule has 1 unspecified atom stereocenters. The summed E-state index contributed by atoms with van der Waals surface area (Å²) in [6.45, 7) is 4.15. The summed E-state index contributed by atoms with van der Waals surface area (Å²) in [4.78, 5) is 31.4. The van der Waals surface area contributed by atoms with Crippen LogP contribution in [0.1, 0.15) is 110 Å². The molecular weight excluding hydrogens is 430 g/mol. The molecule has 33 heavy (non-hydrogen) atoms. The Labute approximate surface area is 201 Å². The molecule has 3 heterocycles. The van der Waals surface area contributed by atoms with Crippen molar-refractivity contribution in [2.75, 3.05) is 0 Å². The van der Waals surface area contributed by atoms with Gasteiger partial charge in [0.25, 0.3) is 5.91 Å². The van der Waals surface area contributed by atoms with Crippen molar-refractivity contribution in [1.82, 2.24) is 14.8 Å². The second kappa shape index (κ2) is 9.65. The third kappa shape index (κ3) is 4.27. The number of hydrogen-bond donors (Lipinski definition) is 1. The summed E-state index contributed by atoms with van der Waals surface area (Å²) in [7, 11) is 0. The fourth-order valence-corrected chi connectivity index (χ4v) is 7.25. The van der Waals surface area contributed by atoms with Gasteiger partial charge in [0.15, 0.2) is 6.04 Å². The first-order valence-corrected chi connectivity index (χ1v) is 13.8. The highest BCUT2D eigenvalue weighted by Crippen LogP contribution is 2.41. The SMILES string of the molecule is Cc1sc2c(c1C)C(=O)N(C1CCCCCC1)C(C(=O)NC1CCCCCC1)c1cccn1-2. The van der Waals surface area contributed by atoms with E-state index in [1.165, 1.54) is 43.4 Å². The number of nitrogens with one attached hydrogen (secondary N) is 1. The topological polar surface area (TPSA) is 54.3 Å². The van der Waals surface area contributed by atoms with Crippen LogP contribution in [0, 0.1) is 13.8 Å². The van der Waals surface area contributed by atoms with Crippen molar-refractivity contribution in [2.45, 2.75) is 109 Å². The molecule has 2 amide bonds. The Hall–Kier alpha value is -2.08. The average Bonchev–Trinajstić information content (AvgIpc) is 3.10. The number of carbonyl (C=O) groups excluding carboxylic acids is 2. The van der Waals surface area contributed by atoms with Crippen LogP contribution >= 0.6 is 11.3 Å². The molecule has 2 fully saturated rings. The van der Waals surface area contributed by atoms with Crippen molar-refractivity contribution >= 4 is 23.2 Å². The summed E-state index contributed by atoms with van der Waals surface area (Å²) in [6, 6.07) is 3.83. The summed E-state index contributed by atoms with van der Waals surface area (Å²) in [5.74, 6) is 0.0486. The molecule has 2 aromatic rings. The zero-order valence-corrected chi connectivity index (χ0v) is 20.9. The van der Waals surface area contributed by atoms with Gasteiger partial charge in [-0.3, -0.25) is 9.59 Å². The van der Waals surface area contributed by atoms with E-state index >= 15 is 0 Å². The van der Waals surface area contributed by atoms with Gasteiger partial charge in [-0.2, -0.15) is 0 Å². The van der Waals surface area contributed by atoms with Gasteiger partial charge < -0.3 is 14.8 Å². The molecule has 0 radical (unpaired) electrons. The molecule has 0 bridgehead atoms. The van der Waals surface area contributed by atoms with E-state index in [-0.39, 0.29) is 23.9 Å². The maximum absolute atomic E-state index is 14.3. The third-order valence-electron chi connectivity index (χ3n) is 8.04. The van der Waals surface area contributed by atoms with Crippen LogP contribution in [0.25, 0.3) is 5.00 Å². The van der Waals surface area contributed by atoms with Crippen LogP contribution < -0.4 is 5.32 Å². The summed E-state index contributed by atoms with van der Waals surface area (Å²) < 4.78 is 2.12. The molecule has 5 nitrogen and oxygen atoms in total. The molecule has 1 N–H and O–H groups in total. The first-order chi connectivity index (χ1) is 16.1. The van der Waals surface area contributed by atoms with Crippen LogP contribution in [-0.4, -0.2) is 33.4 Å². The minimum atomic E-state index is -0.571. The summed E-state index contributed by atoms with van der Waals surface area (Å²) in [5, 5.41) is 4.37. The van der Waals surface area contributed by atoms with Crippen LogP contribution in [0.2, 0.25) is 0 Å². The number of fused-ring (bicyclic) bond motifs is 3. The molecule has 0 saturated heterocycles. The summed E-state index contributed by atoms with van der Waals surface area (Å²) in [6.07, 6.45) is 15.6. The monoisotopic (exact) mass is 467 g/mol. The van der Waals surface area contributed by atoms with Gasteiger partial charge >= 0.3 is 0 Å². The van der Waals surface area contributed by atoms with E-state index in [1.54, 1.807) is 11.3 Å². The van der Waals surface area contributed by atoms with E-state index in [1.807, 2.05) is 23.2 Å². The van der Waals surface area contributed by atoms with E-state index in [0.717, 1.165) is 60.3 Å². The molecule has 1 aliphatic heterocycles. The molecule has 0 aromatic carbocycles. The number of hydrogen-bond acceptors (Lipinski definition) is 3. The van der Waals surface area contributed by atoms with Gasteiger partial charge in [0.2, 0.25) is 5.91 Å².